The molecule has 0 radical (unpaired) electrons. The van der Waals surface area contributed by atoms with Crippen LogP contribution in [0.1, 0.15) is 43.8 Å². The Morgan fingerprint density at radius 1 is 0.962 bits per heavy atom. The number of unbranched alkanes of at least 4 members (excludes halogenated alkanes) is 1. The molecule has 0 atom stereocenters. The number of nitrogens with one attached hydrogen (secondary N) is 1. The van der Waals surface area contributed by atoms with Crippen molar-refractivity contribution in [3.8, 4) is 11.4 Å². The number of benzene rings is 1. The largest absolute Gasteiger partial charge is 0.494 e. The number of hydrogen-bond acceptors (Lipinski definition) is 4. The van der Waals surface area contributed by atoms with Crippen LogP contribution in [-0.4, -0.2) is 27.9 Å². The molecule has 0 saturated carbocycles. The van der Waals surface area contributed by atoms with Crippen LogP contribution >= 0.6 is 0 Å². The second-order valence-corrected chi connectivity index (χ2v) is 6.60. The van der Waals surface area contributed by atoms with E-state index in [9.17, 15) is 0 Å². The minimum Gasteiger partial charge on any atom is -0.494 e. The number of aromatic nitrogens is 3. The summed E-state index contributed by atoms with van der Waals surface area (Å²) in [5, 5.41) is 14.6. The smallest absolute Gasteiger partial charge is 0.158 e. The molecule has 1 N–H and O–H groups in total. The molecule has 138 valence electrons. The molecule has 0 saturated heterocycles. The Morgan fingerprint density at radius 3 is 2.31 bits per heavy atom. The highest BCUT2D eigenvalue weighted by molar-refractivity contribution is 5.98. The summed E-state index contributed by atoms with van der Waals surface area (Å²) in [5.41, 5.74) is 4.45. The first kappa shape index (κ1) is 18.2. The Morgan fingerprint density at radius 2 is 1.65 bits per heavy atom. The SMILES string of the molecule is CCCCNc1nnc(C)c2c(C)n(-c3ccc(OCC)cc3)c(C)c12. The number of anilines is 1. The van der Waals surface area contributed by atoms with Gasteiger partial charge in [-0.2, -0.15) is 5.10 Å². The van der Waals surface area contributed by atoms with Crippen molar-refractivity contribution >= 4 is 16.6 Å². The maximum absolute atomic E-state index is 5.57. The third kappa shape index (κ3) is 3.26. The highest BCUT2D eigenvalue weighted by Gasteiger charge is 2.19. The molecule has 3 rings (SSSR count). The van der Waals surface area contributed by atoms with Crippen LogP contribution in [0, 0.1) is 20.8 Å². The fourth-order valence-corrected chi connectivity index (χ4v) is 3.55. The van der Waals surface area contributed by atoms with Crippen LogP contribution in [0.2, 0.25) is 0 Å². The van der Waals surface area contributed by atoms with Crippen LogP contribution in [0.25, 0.3) is 16.5 Å². The van der Waals surface area contributed by atoms with Crippen LogP contribution in [0.5, 0.6) is 5.75 Å². The molecule has 0 spiro atoms. The molecule has 1 aromatic carbocycles. The van der Waals surface area contributed by atoms with Gasteiger partial charge in [-0.15, -0.1) is 5.10 Å². The maximum atomic E-state index is 5.57. The summed E-state index contributed by atoms with van der Waals surface area (Å²) in [7, 11) is 0. The van der Waals surface area contributed by atoms with Gasteiger partial charge < -0.3 is 14.6 Å². The topological polar surface area (TPSA) is 52.0 Å². The van der Waals surface area contributed by atoms with Crippen molar-refractivity contribution in [3.05, 3.63) is 41.3 Å². The number of fused-ring (bicyclic) bond motifs is 1. The summed E-state index contributed by atoms with van der Waals surface area (Å²) in [5.74, 6) is 1.77. The van der Waals surface area contributed by atoms with Crippen molar-refractivity contribution < 1.29 is 4.74 Å². The highest BCUT2D eigenvalue weighted by atomic mass is 16.5. The lowest BCUT2D eigenvalue weighted by molar-refractivity contribution is 0.340. The van der Waals surface area contributed by atoms with Gasteiger partial charge in [-0.1, -0.05) is 13.3 Å². The summed E-state index contributed by atoms with van der Waals surface area (Å²) in [6.07, 6.45) is 2.27. The van der Waals surface area contributed by atoms with Gasteiger partial charge in [0.15, 0.2) is 5.82 Å². The number of nitrogens with zero attached hydrogens (tertiary/aromatic N) is 3. The maximum Gasteiger partial charge on any atom is 0.158 e. The van der Waals surface area contributed by atoms with Gasteiger partial charge in [0.05, 0.1) is 12.3 Å². The van der Waals surface area contributed by atoms with Gasteiger partial charge >= 0.3 is 0 Å². The zero-order valence-corrected chi connectivity index (χ0v) is 16.4. The molecule has 2 aromatic heterocycles. The quantitative estimate of drug-likeness (QED) is 0.611. The fourth-order valence-electron chi connectivity index (χ4n) is 3.55. The average Bonchev–Trinajstić information content (AvgIpc) is 2.90. The molecule has 5 nitrogen and oxygen atoms in total. The van der Waals surface area contributed by atoms with E-state index in [2.05, 4.69) is 53.0 Å². The van der Waals surface area contributed by atoms with Crippen LogP contribution in [0.15, 0.2) is 24.3 Å². The predicted octanol–water partition coefficient (Wildman–Crippen LogP) is 4.96. The molecule has 0 aliphatic heterocycles. The van der Waals surface area contributed by atoms with Gasteiger partial charge in [-0.3, -0.25) is 0 Å². The first-order valence-electron chi connectivity index (χ1n) is 9.40. The molecule has 0 bridgehead atoms. The van der Waals surface area contributed by atoms with Crippen LogP contribution in [-0.2, 0) is 0 Å². The van der Waals surface area contributed by atoms with Crippen molar-refractivity contribution in [1.29, 1.82) is 0 Å². The normalized spacial score (nSPS) is 11.1. The van der Waals surface area contributed by atoms with E-state index >= 15 is 0 Å². The Balaban J connectivity index is 2.11. The molecule has 26 heavy (non-hydrogen) atoms. The Hall–Kier alpha value is -2.56. The molecule has 0 fully saturated rings. The Kier molecular flexibility index (Phi) is 5.45. The lowest BCUT2D eigenvalue weighted by Gasteiger charge is -2.11. The number of hydrogen-bond donors (Lipinski definition) is 1. The van der Waals surface area contributed by atoms with Gasteiger partial charge in [-0.25, -0.2) is 0 Å². The summed E-state index contributed by atoms with van der Waals surface area (Å²) in [6, 6.07) is 8.24. The van der Waals surface area contributed by atoms with E-state index in [4.69, 9.17) is 4.74 Å². The van der Waals surface area contributed by atoms with Crippen molar-refractivity contribution in [2.24, 2.45) is 0 Å². The van der Waals surface area contributed by atoms with Crippen molar-refractivity contribution in [2.45, 2.75) is 47.5 Å². The van der Waals surface area contributed by atoms with Gasteiger partial charge in [0.2, 0.25) is 0 Å². The lowest BCUT2D eigenvalue weighted by atomic mass is 10.1. The van der Waals surface area contributed by atoms with Crippen LogP contribution in [0.3, 0.4) is 0 Å². The van der Waals surface area contributed by atoms with E-state index in [0.29, 0.717) is 6.61 Å². The minimum absolute atomic E-state index is 0.675. The molecule has 5 heteroatoms. The van der Waals surface area contributed by atoms with E-state index in [1.54, 1.807) is 0 Å². The van der Waals surface area contributed by atoms with E-state index in [1.807, 2.05) is 26.0 Å². The van der Waals surface area contributed by atoms with Gasteiger partial charge in [-0.05, 0) is 58.4 Å². The third-order valence-electron chi connectivity index (χ3n) is 4.77. The third-order valence-corrected chi connectivity index (χ3v) is 4.77. The average molecular weight is 352 g/mol. The van der Waals surface area contributed by atoms with Crippen molar-refractivity contribution in [3.63, 3.8) is 0 Å². The molecule has 2 heterocycles. The number of rotatable bonds is 7. The predicted molar refractivity (Wildman–Crippen MR) is 108 cm³/mol. The monoisotopic (exact) mass is 352 g/mol. The zero-order valence-electron chi connectivity index (χ0n) is 16.4. The molecular weight excluding hydrogens is 324 g/mol. The number of ether oxygens (including phenoxy) is 1. The fraction of sp³-hybridized carbons (Fsp3) is 0.429. The van der Waals surface area contributed by atoms with Crippen molar-refractivity contribution in [2.75, 3.05) is 18.5 Å². The van der Waals surface area contributed by atoms with Crippen LogP contribution in [0.4, 0.5) is 5.82 Å². The second-order valence-electron chi connectivity index (χ2n) is 6.60. The van der Waals surface area contributed by atoms with Gasteiger partial charge in [0, 0.05) is 34.4 Å². The molecule has 0 amide bonds. The summed E-state index contributed by atoms with van der Waals surface area (Å²) >= 11 is 0. The Labute approximate surface area is 155 Å². The molecular formula is C21H28N4O. The van der Waals surface area contributed by atoms with Gasteiger partial charge in [0.25, 0.3) is 0 Å². The first-order chi connectivity index (χ1) is 12.6. The van der Waals surface area contributed by atoms with E-state index in [1.165, 1.54) is 22.2 Å². The summed E-state index contributed by atoms with van der Waals surface area (Å²) in [4.78, 5) is 0. The van der Waals surface area contributed by atoms with E-state index in [0.717, 1.165) is 42.3 Å². The minimum atomic E-state index is 0.675. The standard InChI is InChI=1S/C21H28N4O/c1-6-8-13-22-21-20-16(5)25(15(4)19(20)14(3)23-24-21)17-9-11-18(12-10-17)26-7-2/h9-12H,6-8,13H2,1-5H3,(H,22,24). The van der Waals surface area contributed by atoms with Gasteiger partial charge in [0.1, 0.15) is 5.75 Å². The molecule has 0 aliphatic carbocycles. The Bertz CT molecular complexity index is 897. The highest BCUT2D eigenvalue weighted by Crippen LogP contribution is 2.34. The summed E-state index contributed by atoms with van der Waals surface area (Å²) < 4.78 is 7.85. The van der Waals surface area contributed by atoms with Crippen molar-refractivity contribution in [1.82, 2.24) is 14.8 Å². The zero-order chi connectivity index (χ0) is 18.7. The van der Waals surface area contributed by atoms with E-state index < -0.39 is 0 Å². The number of aryl methyl sites for hydroxylation is 3. The second kappa shape index (κ2) is 7.77. The lowest BCUT2D eigenvalue weighted by Crippen LogP contribution is -2.05. The molecule has 0 aliphatic rings. The summed E-state index contributed by atoms with van der Waals surface area (Å²) in [6.45, 7) is 12.1. The molecule has 3 aromatic rings. The molecule has 0 unspecified atom stereocenters. The van der Waals surface area contributed by atoms with E-state index in [-0.39, 0.29) is 0 Å². The van der Waals surface area contributed by atoms with Crippen LogP contribution < -0.4 is 10.1 Å². The first-order valence-corrected chi connectivity index (χ1v) is 9.40.